The molecule has 0 aliphatic rings. The molecule has 1 amide bonds. The number of hydrogen-bond acceptors (Lipinski definition) is 5. The summed E-state index contributed by atoms with van der Waals surface area (Å²) < 4.78 is 1.30. The van der Waals surface area contributed by atoms with E-state index in [1.165, 1.54) is 21.9 Å². The fraction of sp³-hybridized carbons (Fsp3) is 0.385. The van der Waals surface area contributed by atoms with Crippen LogP contribution in [0.4, 0.5) is 0 Å². The summed E-state index contributed by atoms with van der Waals surface area (Å²) in [5, 5.41) is 11.4. The van der Waals surface area contributed by atoms with E-state index >= 15 is 0 Å². The molecular formula is C13H15N3O4S. The minimum absolute atomic E-state index is 0.160. The first kappa shape index (κ1) is 15.2. The Labute approximate surface area is 124 Å². The van der Waals surface area contributed by atoms with Gasteiger partial charge in [0.05, 0.1) is 0 Å². The van der Waals surface area contributed by atoms with E-state index in [2.05, 4.69) is 10.3 Å². The molecule has 0 aromatic carbocycles. The Morgan fingerprint density at radius 3 is 2.86 bits per heavy atom. The summed E-state index contributed by atoms with van der Waals surface area (Å²) in [4.78, 5) is 40.8. The smallest absolute Gasteiger partial charge is 0.326 e. The van der Waals surface area contributed by atoms with Crippen LogP contribution in [-0.4, -0.2) is 32.4 Å². The maximum absolute atomic E-state index is 12.2. The van der Waals surface area contributed by atoms with E-state index in [1.54, 1.807) is 6.20 Å². The SMILES string of the molecule is CCCC(NC(=O)c1cnc2sc(C)cn2c1=O)C(=O)O. The number of aryl methyl sites for hydroxylation is 1. The number of hydrogen-bond donors (Lipinski definition) is 2. The zero-order valence-corrected chi connectivity index (χ0v) is 12.4. The molecule has 0 aliphatic carbocycles. The first-order chi connectivity index (χ1) is 9.93. The van der Waals surface area contributed by atoms with Gasteiger partial charge in [-0.05, 0) is 13.3 Å². The Morgan fingerprint density at radius 1 is 1.52 bits per heavy atom. The van der Waals surface area contributed by atoms with E-state index in [1.807, 2.05) is 13.8 Å². The van der Waals surface area contributed by atoms with Crippen LogP contribution in [0.3, 0.4) is 0 Å². The monoisotopic (exact) mass is 309 g/mol. The van der Waals surface area contributed by atoms with Gasteiger partial charge >= 0.3 is 5.97 Å². The summed E-state index contributed by atoms with van der Waals surface area (Å²) in [5.74, 6) is -1.84. The molecular weight excluding hydrogens is 294 g/mol. The fourth-order valence-corrected chi connectivity index (χ4v) is 2.72. The number of nitrogens with zero attached hydrogens (tertiary/aromatic N) is 2. The van der Waals surface area contributed by atoms with Gasteiger partial charge in [0.25, 0.3) is 11.5 Å². The molecule has 21 heavy (non-hydrogen) atoms. The van der Waals surface area contributed by atoms with Gasteiger partial charge in [-0.1, -0.05) is 13.3 Å². The van der Waals surface area contributed by atoms with Gasteiger partial charge in [-0.3, -0.25) is 14.0 Å². The van der Waals surface area contributed by atoms with E-state index < -0.39 is 23.5 Å². The van der Waals surface area contributed by atoms with Crippen molar-refractivity contribution in [3.05, 3.63) is 33.2 Å². The Kier molecular flexibility index (Phi) is 4.37. The largest absolute Gasteiger partial charge is 0.480 e. The van der Waals surface area contributed by atoms with Crippen molar-refractivity contribution in [2.24, 2.45) is 0 Å². The van der Waals surface area contributed by atoms with Crippen molar-refractivity contribution >= 4 is 28.2 Å². The molecule has 0 spiro atoms. The van der Waals surface area contributed by atoms with Crippen molar-refractivity contribution in [3.63, 3.8) is 0 Å². The van der Waals surface area contributed by atoms with E-state index in [0.29, 0.717) is 17.8 Å². The molecule has 0 radical (unpaired) electrons. The van der Waals surface area contributed by atoms with Crippen LogP contribution in [0.1, 0.15) is 35.0 Å². The molecule has 2 aromatic heterocycles. The molecule has 2 rings (SSSR count). The second-order valence-electron chi connectivity index (χ2n) is 4.62. The highest BCUT2D eigenvalue weighted by atomic mass is 32.1. The molecule has 8 heteroatoms. The first-order valence-electron chi connectivity index (χ1n) is 6.45. The number of rotatable bonds is 5. The number of nitrogens with one attached hydrogen (secondary N) is 1. The molecule has 2 heterocycles. The highest BCUT2D eigenvalue weighted by Crippen LogP contribution is 2.12. The Balaban J connectivity index is 2.33. The molecule has 2 aromatic rings. The third-order valence-electron chi connectivity index (χ3n) is 2.95. The van der Waals surface area contributed by atoms with Crippen molar-refractivity contribution in [3.8, 4) is 0 Å². The molecule has 0 bridgehead atoms. The van der Waals surface area contributed by atoms with Crippen molar-refractivity contribution in [1.82, 2.24) is 14.7 Å². The number of amides is 1. The quantitative estimate of drug-likeness (QED) is 0.859. The summed E-state index contributed by atoms with van der Waals surface area (Å²) in [5.41, 5.74) is -0.657. The summed E-state index contributed by atoms with van der Waals surface area (Å²) in [6.45, 7) is 3.65. The van der Waals surface area contributed by atoms with Crippen LogP contribution in [0.15, 0.2) is 17.2 Å². The molecule has 1 atom stereocenters. The molecule has 112 valence electrons. The molecule has 0 fully saturated rings. The summed E-state index contributed by atoms with van der Waals surface area (Å²) >= 11 is 1.34. The number of aromatic nitrogens is 2. The highest BCUT2D eigenvalue weighted by Gasteiger charge is 2.22. The van der Waals surface area contributed by atoms with Crippen molar-refractivity contribution in [2.75, 3.05) is 0 Å². The zero-order chi connectivity index (χ0) is 15.6. The fourth-order valence-electron chi connectivity index (χ4n) is 1.93. The van der Waals surface area contributed by atoms with Gasteiger partial charge in [-0.25, -0.2) is 9.78 Å². The highest BCUT2D eigenvalue weighted by molar-refractivity contribution is 7.16. The summed E-state index contributed by atoms with van der Waals surface area (Å²) in [6, 6.07) is -1.01. The Hall–Kier alpha value is -2.22. The van der Waals surface area contributed by atoms with Gasteiger partial charge < -0.3 is 10.4 Å². The lowest BCUT2D eigenvalue weighted by Crippen LogP contribution is -2.42. The summed E-state index contributed by atoms with van der Waals surface area (Å²) in [6.07, 6.45) is 3.70. The molecule has 7 nitrogen and oxygen atoms in total. The average molecular weight is 309 g/mol. The number of thiazole rings is 1. The van der Waals surface area contributed by atoms with Crippen molar-refractivity contribution in [1.29, 1.82) is 0 Å². The van der Waals surface area contributed by atoms with E-state index in [0.717, 1.165) is 4.88 Å². The molecule has 1 unspecified atom stereocenters. The van der Waals surface area contributed by atoms with Gasteiger partial charge in [-0.2, -0.15) is 0 Å². The second-order valence-corrected chi connectivity index (χ2v) is 5.84. The molecule has 0 saturated heterocycles. The lowest BCUT2D eigenvalue weighted by Gasteiger charge is -2.12. The Morgan fingerprint density at radius 2 is 2.24 bits per heavy atom. The first-order valence-corrected chi connectivity index (χ1v) is 7.27. The number of carbonyl (C=O) groups excluding carboxylic acids is 1. The topological polar surface area (TPSA) is 101 Å². The van der Waals surface area contributed by atoms with Crippen LogP contribution < -0.4 is 10.9 Å². The van der Waals surface area contributed by atoms with E-state index in [9.17, 15) is 14.4 Å². The predicted octanol–water partition coefficient (Wildman–Crippen LogP) is 1.05. The number of carbonyl (C=O) groups is 2. The van der Waals surface area contributed by atoms with Crippen LogP contribution >= 0.6 is 11.3 Å². The summed E-state index contributed by atoms with van der Waals surface area (Å²) in [7, 11) is 0. The normalized spacial score (nSPS) is 12.3. The van der Waals surface area contributed by atoms with Gasteiger partial charge in [0, 0.05) is 17.3 Å². The third-order valence-corrected chi connectivity index (χ3v) is 3.86. The van der Waals surface area contributed by atoms with Crippen LogP contribution in [0, 0.1) is 6.92 Å². The van der Waals surface area contributed by atoms with Gasteiger partial charge in [0.2, 0.25) is 0 Å². The number of carboxylic acids is 1. The second kappa shape index (κ2) is 6.04. The van der Waals surface area contributed by atoms with Crippen molar-refractivity contribution in [2.45, 2.75) is 32.7 Å². The van der Waals surface area contributed by atoms with Crippen LogP contribution in [0.25, 0.3) is 4.96 Å². The number of aliphatic carboxylic acids is 1. The minimum Gasteiger partial charge on any atom is -0.480 e. The van der Waals surface area contributed by atoms with Crippen molar-refractivity contribution < 1.29 is 14.7 Å². The van der Waals surface area contributed by atoms with E-state index in [4.69, 9.17) is 5.11 Å². The van der Waals surface area contributed by atoms with Gasteiger partial charge in [0.15, 0.2) is 4.96 Å². The van der Waals surface area contributed by atoms with Crippen LogP contribution in [-0.2, 0) is 4.79 Å². The standard InChI is InChI=1S/C13H15N3O4S/c1-3-4-9(12(19)20)15-10(17)8-5-14-13-16(11(8)18)6-7(2)21-13/h5-6,9H,3-4H2,1-2H3,(H,15,17)(H,19,20). The third kappa shape index (κ3) is 3.10. The maximum Gasteiger partial charge on any atom is 0.326 e. The number of carboxylic acid groups (broad SMARTS) is 1. The zero-order valence-electron chi connectivity index (χ0n) is 11.6. The molecule has 2 N–H and O–H groups in total. The van der Waals surface area contributed by atoms with Crippen LogP contribution in [0.2, 0.25) is 0 Å². The number of fused-ring (bicyclic) bond motifs is 1. The van der Waals surface area contributed by atoms with Gasteiger partial charge in [0.1, 0.15) is 11.6 Å². The maximum atomic E-state index is 12.2. The van der Waals surface area contributed by atoms with Crippen LogP contribution in [0.5, 0.6) is 0 Å². The predicted molar refractivity (Wildman–Crippen MR) is 77.9 cm³/mol. The van der Waals surface area contributed by atoms with Gasteiger partial charge in [-0.15, -0.1) is 11.3 Å². The molecule has 0 saturated carbocycles. The average Bonchev–Trinajstić information content (AvgIpc) is 2.80. The lowest BCUT2D eigenvalue weighted by atomic mass is 10.1. The molecule has 0 aliphatic heterocycles. The van der Waals surface area contributed by atoms with E-state index in [-0.39, 0.29) is 5.56 Å². The lowest BCUT2D eigenvalue weighted by molar-refractivity contribution is -0.139. The Bertz CT molecular complexity index is 749. The minimum atomic E-state index is -1.12.